The summed E-state index contributed by atoms with van der Waals surface area (Å²) in [4.78, 5) is 14.0. The maximum Gasteiger partial charge on any atom is 0.182 e. The molecule has 4 heteroatoms. The van der Waals surface area contributed by atoms with Gasteiger partial charge in [-0.15, -0.1) is 0 Å². The van der Waals surface area contributed by atoms with Crippen LogP contribution in [0.25, 0.3) is 0 Å². The number of carbonyl (C=O) groups is 1. The first kappa shape index (κ1) is 13.9. The van der Waals surface area contributed by atoms with E-state index in [1.165, 1.54) is 12.1 Å². The predicted octanol–water partition coefficient (Wildman–Crippen LogP) is 2.72. The summed E-state index contributed by atoms with van der Waals surface area (Å²) in [6.07, 6.45) is 0. The highest BCUT2D eigenvalue weighted by Crippen LogP contribution is 2.20. The number of carbonyl (C=O) groups excluding carboxylic acids is 1. The summed E-state index contributed by atoms with van der Waals surface area (Å²) in [6.45, 7) is 0.262. The van der Waals surface area contributed by atoms with Crippen molar-refractivity contribution in [3.63, 3.8) is 0 Å². The van der Waals surface area contributed by atoms with E-state index in [9.17, 15) is 9.90 Å². The van der Waals surface area contributed by atoms with Crippen LogP contribution in [-0.2, 0) is 0 Å². The van der Waals surface area contributed by atoms with Crippen LogP contribution in [0.3, 0.4) is 0 Å². The molecular weight excluding hydrogens is 254 g/mol. The number of anilines is 1. The average molecular weight is 271 g/mol. The number of Topliss-reactive ketones (excluding diaryl/α,β-unsaturated/α-hetero) is 1. The van der Waals surface area contributed by atoms with Gasteiger partial charge >= 0.3 is 0 Å². The summed E-state index contributed by atoms with van der Waals surface area (Å²) in [5.41, 5.74) is 1.49. The number of nitrogens with zero attached hydrogens (tertiary/aromatic N) is 1. The zero-order chi connectivity index (χ0) is 14.5. The summed E-state index contributed by atoms with van der Waals surface area (Å²) < 4.78 is 5.17. The summed E-state index contributed by atoms with van der Waals surface area (Å²) in [5.74, 6) is 0.907. The van der Waals surface area contributed by atoms with Gasteiger partial charge in [-0.05, 0) is 36.4 Å². The minimum Gasteiger partial charge on any atom is -0.508 e. The Hall–Kier alpha value is -2.49. The Labute approximate surface area is 118 Å². The predicted molar refractivity (Wildman–Crippen MR) is 78.7 cm³/mol. The van der Waals surface area contributed by atoms with Gasteiger partial charge in [0.1, 0.15) is 11.5 Å². The van der Waals surface area contributed by atoms with Gasteiger partial charge in [0.15, 0.2) is 5.78 Å². The van der Waals surface area contributed by atoms with Crippen LogP contribution in [0.2, 0.25) is 0 Å². The van der Waals surface area contributed by atoms with Crippen LogP contribution in [0.1, 0.15) is 10.4 Å². The molecule has 0 bridgehead atoms. The Balaban J connectivity index is 2.08. The molecule has 0 fully saturated rings. The Morgan fingerprint density at radius 3 is 2.55 bits per heavy atom. The first-order chi connectivity index (χ1) is 9.60. The second kappa shape index (κ2) is 6.10. The van der Waals surface area contributed by atoms with E-state index >= 15 is 0 Å². The average Bonchev–Trinajstić information content (AvgIpc) is 2.47. The molecule has 0 saturated heterocycles. The third kappa shape index (κ3) is 3.29. The molecule has 2 aromatic rings. The molecule has 0 radical (unpaired) electrons. The highest BCUT2D eigenvalue weighted by atomic mass is 16.5. The molecule has 20 heavy (non-hydrogen) atoms. The molecule has 0 amide bonds. The number of likely N-dealkylation sites (N-methyl/N-ethyl adjacent to an activating group) is 1. The molecule has 0 aliphatic carbocycles. The van der Waals surface area contributed by atoms with E-state index < -0.39 is 0 Å². The van der Waals surface area contributed by atoms with E-state index in [2.05, 4.69) is 0 Å². The van der Waals surface area contributed by atoms with Crippen molar-refractivity contribution in [1.29, 1.82) is 0 Å². The lowest BCUT2D eigenvalue weighted by atomic mass is 10.1. The molecule has 0 unspecified atom stereocenters. The number of methoxy groups -OCH3 is 1. The second-order valence-electron chi connectivity index (χ2n) is 4.53. The van der Waals surface area contributed by atoms with Crippen LogP contribution in [0.15, 0.2) is 48.5 Å². The Morgan fingerprint density at radius 2 is 1.90 bits per heavy atom. The second-order valence-corrected chi connectivity index (χ2v) is 4.53. The number of hydrogen-bond donors (Lipinski definition) is 1. The molecular formula is C16H17NO3. The summed E-state index contributed by atoms with van der Waals surface area (Å²) in [7, 11) is 3.47. The largest absolute Gasteiger partial charge is 0.508 e. The van der Waals surface area contributed by atoms with Gasteiger partial charge in [-0.1, -0.05) is 6.07 Å². The first-order valence-electron chi connectivity index (χ1n) is 6.27. The molecule has 104 valence electrons. The lowest BCUT2D eigenvalue weighted by Gasteiger charge is -2.19. The SMILES string of the molecule is COc1cccc(N(C)CC(=O)c2ccc(O)cc2)c1. The molecule has 0 saturated carbocycles. The molecule has 4 nitrogen and oxygen atoms in total. The number of rotatable bonds is 5. The molecule has 0 aliphatic heterocycles. The van der Waals surface area contributed by atoms with E-state index in [1.807, 2.05) is 36.2 Å². The molecule has 2 aromatic carbocycles. The zero-order valence-electron chi connectivity index (χ0n) is 11.5. The molecule has 0 spiro atoms. The van der Waals surface area contributed by atoms with Gasteiger partial charge in [0.25, 0.3) is 0 Å². The normalized spacial score (nSPS) is 10.1. The highest BCUT2D eigenvalue weighted by Gasteiger charge is 2.10. The number of ether oxygens (including phenoxy) is 1. The molecule has 0 aliphatic rings. The van der Waals surface area contributed by atoms with Gasteiger partial charge in [0, 0.05) is 24.4 Å². The smallest absolute Gasteiger partial charge is 0.182 e. The molecule has 0 atom stereocenters. The van der Waals surface area contributed by atoms with E-state index in [0.717, 1.165) is 11.4 Å². The van der Waals surface area contributed by atoms with Crippen LogP contribution in [-0.4, -0.2) is 31.6 Å². The van der Waals surface area contributed by atoms with Gasteiger partial charge in [0.05, 0.1) is 13.7 Å². The van der Waals surface area contributed by atoms with Crippen molar-refractivity contribution >= 4 is 11.5 Å². The number of phenolic OH excluding ortho intramolecular Hbond substituents is 1. The monoisotopic (exact) mass is 271 g/mol. The minimum atomic E-state index is -0.00433. The highest BCUT2D eigenvalue weighted by molar-refractivity contribution is 5.99. The van der Waals surface area contributed by atoms with Gasteiger partial charge in [-0.3, -0.25) is 4.79 Å². The topological polar surface area (TPSA) is 49.8 Å². The molecule has 0 heterocycles. The van der Waals surface area contributed by atoms with Crippen molar-refractivity contribution in [2.24, 2.45) is 0 Å². The quantitative estimate of drug-likeness (QED) is 0.849. The van der Waals surface area contributed by atoms with Crippen molar-refractivity contribution in [3.05, 3.63) is 54.1 Å². The Bertz CT molecular complexity index is 593. The van der Waals surface area contributed by atoms with Crippen molar-refractivity contribution in [3.8, 4) is 11.5 Å². The Kier molecular flexibility index (Phi) is 4.25. The van der Waals surface area contributed by atoms with Gasteiger partial charge < -0.3 is 14.7 Å². The fourth-order valence-corrected chi connectivity index (χ4v) is 1.89. The maximum atomic E-state index is 12.1. The fraction of sp³-hybridized carbons (Fsp3) is 0.188. The number of benzene rings is 2. The third-order valence-corrected chi connectivity index (χ3v) is 3.06. The van der Waals surface area contributed by atoms with Crippen molar-refractivity contribution in [2.75, 3.05) is 25.6 Å². The summed E-state index contributed by atoms with van der Waals surface area (Å²) in [5, 5.41) is 9.22. The lowest BCUT2D eigenvalue weighted by molar-refractivity contribution is 0.100. The third-order valence-electron chi connectivity index (χ3n) is 3.06. The van der Waals surface area contributed by atoms with Crippen LogP contribution in [0, 0.1) is 0 Å². The van der Waals surface area contributed by atoms with E-state index in [1.54, 1.807) is 19.2 Å². The number of hydrogen-bond acceptors (Lipinski definition) is 4. The Morgan fingerprint density at radius 1 is 1.20 bits per heavy atom. The number of phenols is 1. The van der Waals surface area contributed by atoms with Gasteiger partial charge in [0.2, 0.25) is 0 Å². The van der Waals surface area contributed by atoms with Crippen LogP contribution < -0.4 is 9.64 Å². The van der Waals surface area contributed by atoms with Crippen molar-refractivity contribution in [1.82, 2.24) is 0 Å². The van der Waals surface area contributed by atoms with Crippen LogP contribution in [0.5, 0.6) is 11.5 Å². The summed E-state index contributed by atoms with van der Waals surface area (Å²) >= 11 is 0. The van der Waals surface area contributed by atoms with Gasteiger partial charge in [-0.2, -0.15) is 0 Å². The number of ketones is 1. The number of aromatic hydroxyl groups is 1. The van der Waals surface area contributed by atoms with Crippen molar-refractivity contribution in [2.45, 2.75) is 0 Å². The molecule has 0 aromatic heterocycles. The molecule has 2 rings (SSSR count). The van der Waals surface area contributed by atoms with Gasteiger partial charge in [-0.25, -0.2) is 0 Å². The van der Waals surface area contributed by atoms with Crippen molar-refractivity contribution < 1.29 is 14.6 Å². The lowest BCUT2D eigenvalue weighted by Crippen LogP contribution is -2.25. The van der Waals surface area contributed by atoms with E-state index in [0.29, 0.717) is 5.56 Å². The maximum absolute atomic E-state index is 12.1. The zero-order valence-corrected chi connectivity index (χ0v) is 11.5. The fourth-order valence-electron chi connectivity index (χ4n) is 1.89. The van der Waals surface area contributed by atoms with E-state index in [4.69, 9.17) is 4.74 Å². The van der Waals surface area contributed by atoms with Crippen LogP contribution >= 0.6 is 0 Å². The minimum absolute atomic E-state index is 0.00433. The van der Waals surface area contributed by atoms with E-state index in [-0.39, 0.29) is 18.1 Å². The standard InChI is InChI=1S/C16H17NO3/c1-17(13-4-3-5-15(10-13)20-2)11-16(19)12-6-8-14(18)9-7-12/h3-10,18H,11H2,1-2H3. The first-order valence-corrected chi connectivity index (χ1v) is 6.27. The summed E-state index contributed by atoms with van der Waals surface area (Å²) in [6, 6.07) is 13.8. The van der Waals surface area contributed by atoms with Crippen LogP contribution in [0.4, 0.5) is 5.69 Å². The molecule has 1 N–H and O–H groups in total.